The average Bonchev–Trinajstić information content (AvgIpc) is 2.30. The smallest absolute Gasteiger partial charge is 0.303 e. The van der Waals surface area contributed by atoms with Crippen LogP contribution >= 0.6 is 0 Å². The summed E-state index contributed by atoms with van der Waals surface area (Å²) in [5.41, 5.74) is 5.34. The molecule has 0 aliphatic carbocycles. The molecule has 0 heterocycles. The van der Waals surface area contributed by atoms with Crippen LogP contribution in [0.5, 0.6) is 0 Å². The number of nitrogens with two attached hydrogens (primary N) is 1. The van der Waals surface area contributed by atoms with Gasteiger partial charge in [0.1, 0.15) is 0 Å². The summed E-state index contributed by atoms with van der Waals surface area (Å²) in [6, 6.07) is 0. The Labute approximate surface area is 107 Å². The van der Waals surface area contributed by atoms with Gasteiger partial charge in [-0.3, -0.25) is 4.79 Å². The molecule has 0 saturated heterocycles. The fraction of sp³-hybridized carbons (Fsp3) is 0.929. The van der Waals surface area contributed by atoms with Crippen molar-refractivity contribution in [1.82, 2.24) is 0 Å². The molecule has 0 aliphatic rings. The first-order valence-electron chi connectivity index (χ1n) is 7.10. The number of carboxylic acids is 1. The van der Waals surface area contributed by atoms with Gasteiger partial charge < -0.3 is 10.8 Å². The second-order valence-corrected chi connectivity index (χ2v) is 4.41. The zero-order valence-electron chi connectivity index (χ0n) is 11.7. The van der Waals surface area contributed by atoms with E-state index in [4.69, 9.17) is 10.8 Å². The Bertz CT molecular complexity index is 143. The molecule has 0 aromatic rings. The summed E-state index contributed by atoms with van der Waals surface area (Å²) < 4.78 is 0. The lowest BCUT2D eigenvalue weighted by molar-refractivity contribution is -0.137. The van der Waals surface area contributed by atoms with Crippen molar-refractivity contribution in [2.45, 2.75) is 78.1 Å². The third-order valence-corrected chi connectivity index (χ3v) is 2.55. The van der Waals surface area contributed by atoms with Crippen LogP contribution in [0.4, 0.5) is 0 Å². The van der Waals surface area contributed by atoms with Crippen molar-refractivity contribution >= 4 is 5.97 Å². The molecule has 0 rings (SSSR count). The van der Waals surface area contributed by atoms with Gasteiger partial charge in [0, 0.05) is 6.42 Å². The highest BCUT2D eigenvalue weighted by Crippen LogP contribution is 2.03. The van der Waals surface area contributed by atoms with Gasteiger partial charge in [-0.25, -0.2) is 0 Å². The van der Waals surface area contributed by atoms with Gasteiger partial charge in [0.15, 0.2) is 0 Å². The third kappa shape index (κ3) is 25.6. The molecule has 3 heteroatoms. The molecule has 0 bridgehead atoms. The monoisotopic (exact) mass is 245 g/mol. The lowest BCUT2D eigenvalue weighted by Gasteiger charge is -1.96. The van der Waals surface area contributed by atoms with E-state index in [0.29, 0.717) is 6.42 Å². The van der Waals surface area contributed by atoms with Crippen molar-refractivity contribution in [3.8, 4) is 0 Å². The Morgan fingerprint density at radius 1 is 0.882 bits per heavy atom. The molecule has 17 heavy (non-hydrogen) atoms. The quantitative estimate of drug-likeness (QED) is 0.573. The van der Waals surface area contributed by atoms with Gasteiger partial charge in [-0.15, -0.1) is 0 Å². The minimum absolute atomic E-state index is 0.327. The molecule has 0 unspecified atom stereocenters. The molecular weight excluding hydrogens is 214 g/mol. The Morgan fingerprint density at radius 2 is 1.35 bits per heavy atom. The predicted molar refractivity (Wildman–Crippen MR) is 74.2 cm³/mol. The van der Waals surface area contributed by atoms with Crippen LogP contribution in [0.3, 0.4) is 0 Å². The summed E-state index contributed by atoms with van der Waals surface area (Å²) >= 11 is 0. The number of hydrogen-bond donors (Lipinski definition) is 2. The molecular formula is C14H31NO2. The zero-order valence-corrected chi connectivity index (χ0v) is 11.7. The normalized spacial score (nSPS) is 9.59. The van der Waals surface area contributed by atoms with Gasteiger partial charge in [-0.05, 0) is 19.4 Å². The lowest BCUT2D eigenvalue weighted by Crippen LogP contribution is -1.97. The van der Waals surface area contributed by atoms with Gasteiger partial charge >= 0.3 is 5.97 Å². The highest BCUT2D eigenvalue weighted by molar-refractivity contribution is 5.66. The van der Waals surface area contributed by atoms with Gasteiger partial charge in [0.2, 0.25) is 0 Å². The number of rotatable bonds is 10. The zero-order chi connectivity index (χ0) is 13.4. The Kier molecular flexibility index (Phi) is 19.7. The average molecular weight is 245 g/mol. The minimum Gasteiger partial charge on any atom is -0.481 e. The fourth-order valence-electron chi connectivity index (χ4n) is 1.45. The standard InChI is InChI=1S/C8H19N.C6H12O2/c1-2-3-4-5-6-7-8-9;1-2-3-4-5-6(7)8/h2-9H2,1H3;2-5H2,1H3,(H,7,8). The summed E-state index contributed by atoms with van der Waals surface area (Å²) in [4.78, 5) is 9.87. The maximum absolute atomic E-state index is 9.87. The number of aliphatic carboxylic acids is 1. The topological polar surface area (TPSA) is 63.3 Å². The van der Waals surface area contributed by atoms with Crippen LogP contribution in [-0.2, 0) is 4.79 Å². The molecule has 3 nitrogen and oxygen atoms in total. The third-order valence-electron chi connectivity index (χ3n) is 2.55. The van der Waals surface area contributed by atoms with Gasteiger partial charge in [-0.2, -0.15) is 0 Å². The number of carboxylic acid groups (broad SMARTS) is 1. The minimum atomic E-state index is -0.682. The molecule has 0 amide bonds. The first-order valence-corrected chi connectivity index (χ1v) is 7.10. The second-order valence-electron chi connectivity index (χ2n) is 4.41. The van der Waals surface area contributed by atoms with Crippen molar-refractivity contribution in [2.75, 3.05) is 6.54 Å². The summed E-state index contributed by atoms with van der Waals surface area (Å²) in [6.45, 7) is 5.16. The lowest BCUT2D eigenvalue weighted by atomic mass is 10.1. The van der Waals surface area contributed by atoms with Crippen LogP contribution in [0, 0.1) is 0 Å². The fourth-order valence-corrected chi connectivity index (χ4v) is 1.45. The van der Waals surface area contributed by atoms with Crippen molar-refractivity contribution < 1.29 is 9.90 Å². The molecule has 104 valence electrons. The van der Waals surface area contributed by atoms with Gasteiger partial charge in [0.25, 0.3) is 0 Å². The van der Waals surface area contributed by atoms with Crippen molar-refractivity contribution in [3.05, 3.63) is 0 Å². The summed E-state index contributed by atoms with van der Waals surface area (Å²) in [6.07, 6.45) is 11.3. The van der Waals surface area contributed by atoms with Gasteiger partial charge in [-0.1, -0.05) is 58.8 Å². The number of carbonyl (C=O) groups is 1. The molecule has 3 N–H and O–H groups in total. The first kappa shape index (κ1) is 18.8. The Balaban J connectivity index is 0. The van der Waals surface area contributed by atoms with E-state index >= 15 is 0 Å². The molecule has 0 saturated carbocycles. The van der Waals surface area contributed by atoms with E-state index in [9.17, 15) is 4.79 Å². The molecule has 0 aliphatic heterocycles. The van der Waals surface area contributed by atoms with Crippen LogP contribution in [0.2, 0.25) is 0 Å². The Morgan fingerprint density at radius 3 is 1.82 bits per heavy atom. The molecule has 0 aromatic carbocycles. The maximum Gasteiger partial charge on any atom is 0.303 e. The van der Waals surface area contributed by atoms with E-state index in [1.807, 2.05) is 0 Å². The Hall–Kier alpha value is -0.570. The highest BCUT2D eigenvalue weighted by atomic mass is 16.4. The van der Waals surface area contributed by atoms with E-state index in [-0.39, 0.29) is 0 Å². The predicted octanol–water partition coefficient (Wildman–Crippen LogP) is 3.96. The molecule has 0 aromatic heterocycles. The maximum atomic E-state index is 9.87. The van der Waals surface area contributed by atoms with E-state index in [2.05, 4.69) is 13.8 Å². The highest BCUT2D eigenvalue weighted by Gasteiger charge is 1.92. The molecule has 0 atom stereocenters. The summed E-state index contributed by atoms with van der Waals surface area (Å²) in [7, 11) is 0. The second kappa shape index (κ2) is 17.8. The van der Waals surface area contributed by atoms with Crippen LogP contribution in [0.1, 0.15) is 78.1 Å². The van der Waals surface area contributed by atoms with Crippen molar-refractivity contribution in [2.24, 2.45) is 5.73 Å². The molecule has 0 radical (unpaired) electrons. The van der Waals surface area contributed by atoms with E-state index < -0.39 is 5.97 Å². The SMILES string of the molecule is CCCCCC(=O)O.CCCCCCCCN. The van der Waals surface area contributed by atoms with Crippen LogP contribution in [0.15, 0.2) is 0 Å². The van der Waals surface area contributed by atoms with Crippen LogP contribution < -0.4 is 5.73 Å². The van der Waals surface area contributed by atoms with E-state index in [1.165, 1.54) is 38.5 Å². The number of hydrogen-bond acceptors (Lipinski definition) is 2. The van der Waals surface area contributed by atoms with E-state index in [0.717, 1.165) is 25.8 Å². The molecule has 0 spiro atoms. The largest absolute Gasteiger partial charge is 0.481 e. The van der Waals surface area contributed by atoms with E-state index in [1.54, 1.807) is 0 Å². The van der Waals surface area contributed by atoms with Crippen molar-refractivity contribution in [1.29, 1.82) is 0 Å². The van der Waals surface area contributed by atoms with Crippen molar-refractivity contribution in [3.63, 3.8) is 0 Å². The summed E-state index contributed by atoms with van der Waals surface area (Å²) in [5.74, 6) is -0.682. The van der Waals surface area contributed by atoms with Gasteiger partial charge in [0.05, 0.1) is 0 Å². The summed E-state index contributed by atoms with van der Waals surface area (Å²) in [5, 5.41) is 8.14. The molecule has 0 fully saturated rings. The first-order chi connectivity index (χ1) is 8.18. The number of unbranched alkanes of at least 4 members (excludes halogenated alkanes) is 7. The van der Waals surface area contributed by atoms with Crippen LogP contribution in [-0.4, -0.2) is 17.6 Å². The van der Waals surface area contributed by atoms with Crippen LogP contribution in [0.25, 0.3) is 0 Å².